The molecule has 1 aromatic carbocycles. The van der Waals surface area contributed by atoms with Crippen molar-refractivity contribution in [3.63, 3.8) is 0 Å². The number of hydrogen-bond acceptors (Lipinski definition) is 4. The van der Waals surface area contributed by atoms with E-state index in [-0.39, 0.29) is 0 Å². The molecule has 1 aliphatic rings. The van der Waals surface area contributed by atoms with Gasteiger partial charge in [-0.15, -0.1) is 0 Å². The molecule has 0 aliphatic carbocycles. The fourth-order valence-corrected chi connectivity index (χ4v) is 3.17. The lowest BCUT2D eigenvalue weighted by Gasteiger charge is -2.38. The molecule has 3 rings (SSSR count). The van der Waals surface area contributed by atoms with Crippen LogP contribution in [0.25, 0.3) is 5.70 Å². The van der Waals surface area contributed by atoms with Gasteiger partial charge in [-0.25, -0.2) is 0 Å². The van der Waals surface area contributed by atoms with E-state index >= 15 is 0 Å². The summed E-state index contributed by atoms with van der Waals surface area (Å²) < 4.78 is 7.94. The number of aromatic nitrogens is 2. The average molecular weight is 338 g/mol. The second kappa shape index (κ2) is 7.05. The zero-order valence-electron chi connectivity index (χ0n) is 15.3. The highest BCUT2D eigenvalue weighted by Crippen LogP contribution is 2.40. The van der Waals surface area contributed by atoms with Gasteiger partial charge in [0, 0.05) is 13.6 Å². The van der Waals surface area contributed by atoms with Gasteiger partial charge in [0.05, 0.1) is 18.8 Å². The first kappa shape index (κ1) is 17.1. The van der Waals surface area contributed by atoms with Crippen LogP contribution in [0, 0.1) is 0 Å². The summed E-state index contributed by atoms with van der Waals surface area (Å²) in [6, 6.07) is 11.0. The van der Waals surface area contributed by atoms with Crippen molar-refractivity contribution in [2.75, 3.05) is 25.1 Å². The van der Waals surface area contributed by atoms with Crippen molar-refractivity contribution in [3.05, 3.63) is 60.6 Å². The van der Waals surface area contributed by atoms with Crippen molar-refractivity contribution >= 4 is 11.5 Å². The maximum absolute atomic E-state index is 5.82. The smallest absolute Gasteiger partial charge is 0.299 e. The van der Waals surface area contributed by atoms with Gasteiger partial charge >= 0.3 is 0 Å². The Morgan fingerprint density at radius 3 is 2.48 bits per heavy atom. The van der Waals surface area contributed by atoms with Crippen LogP contribution in [0.15, 0.2) is 49.3 Å². The Morgan fingerprint density at radius 1 is 1.12 bits per heavy atom. The minimum Gasteiger partial charge on any atom is -0.465 e. The molecule has 0 fully saturated rings. The maximum atomic E-state index is 5.82. The van der Waals surface area contributed by atoms with E-state index in [1.54, 1.807) is 0 Å². The molecule has 0 atom stereocenters. The van der Waals surface area contributed by atoms with Crippen molar-refractivity contribution in [1.82, 2.24) is 14.5 Å². The molecule has 2 heterocycles. The first-order valence-electron chi connectivity index (χ1n) is 8.75. The van der Waals surface area contributed by atoms with Gasteiger partial charge in [-0.05, 0) is 18.9 Å². The zero-order chi connectivity index (χ0) is 18.0. The van der Waals surface area contributed by atoms with E-state index in [0.29, 0.717) is 19.2 Å². The SMILES string of the molecule is C=C1c2c(nc(OCC)n2Cc2ccccc2)N(C)C(=C)N1CCC. The lowest BCUT2D eigenvalue weighted by Crippen LogP contribution is -2.37. The van der Waals surface area contributed by atoms with Gasteiger partial charge in [0.25, 0.3) is 6.01 Å². The highest BCUT2D eigenvalue weighted by atomic mass is 16.5. The average Bonchev–Trinajstić information content (AvgIpc) is 2.97. The third-order valence-corrected chi connectivity index (χ3v) is 4.43. The summed E-state index contributed by atoms with van der Waals surface area (Å²) in [6.07, 6.45) is 1.02. The quantitative estimate of drug-likeness (QED) is 0.799. The van der Waals surface area contributed by atoms with Crippen LogP contribution in [0.5, 0.6) is 6.01 Å². The number of hydrogen-bond donors (Lipinski definition) is 0. The molecule has 1 aromatic heterocycles. The molecule has 25 heavy (non-hydrogen) atoms. The van der Waals surface area contributed by atoms with Crippen LogP contribution in [-0.4, -0.2) is 34.7 Å². The summed E-state index contributed by atoms with van der Waals surface area (Å²) in [5.74, 6) is 1.74. The van der Waals surface area contributed by atoms with E-state index in [9.17, 15) is 0 Å². The zero-order valence-corrected chi connectivity index (χ0v) is 15.3. The third kappa shape index (κ3) is 3.02. The maximum Gasteiger partial charge on any atom is 0.299 e. The third-order valence-electron chi connectivity index (χ3n) is 4.43. The molecular weight excluding hydrogens is 312 g/mol. The highest BCUT2D eigenvalue weighted by molar-refractivity contribution is 5.77. The molecule has 1 aliphatic heterocycles. The first-order valence-corrected chi connectivity index (χ1v) is 8.75. The normalized spacial score (nSPS) is 14.0. The number of benzene rings is 1. The van der Waals surface area contributed by atoms with Gasteiger partial charge in [0.1, 0.15) is 11.5 Å². The van der Waals surface area contributed by atoms with Gasteiger partial charge in [-0.3, -0.25) is 4.57 Å². The number of imidazole rings is 1. The van der Waals surface area contributed by atoms with Crippen molar-refractivity contribution < 1.29 is 4.74 Å². The van der Waals surface area contributed by atoms with Crippen LogP contribution in [0.3, 0.4) is 0 Å². The molecule has 0 radical (unpaired) electrons. The van der Waals surface area contributed by atoms with E-state index in [1.807, 2.05) is 37.1 Å². The Morgan fingerprint density at radius 2 is 1.84 bits per heavy atom. The Labute approximate surface area is 149 Å². The number of rotatable bonds is 6. The van der Waals surface area contributed by atoms with Gasteiger partial charge in [-0.1, -0.05) is 50.4 Å². The Kier molecular flexibility index (Phi) is 4.83. The first-order chi connectivity index (χ1) is 12.1. The summed E-state index contributed by atoms with van der Waals surface area (Å²) in [5, 5.41) is 0. The van der Waals surface area contributed by atoms with Gasteiger partial charge in [0.15, 0.2) is 5.82 Å². The fraction of sp³-hybridized carbons (Fsp3) is 0.350. The lowest BCUT2D eigenvalue weighted by molar-refractivity contribution is 0.298. The number of fused-ring (bicyclic) bond motifs is 1. The summed E-state index contributed by atoms with van der Waals surface area (Å²) in [5.41, 5.74) is 3.12. The van der Waals surface area contributed by atoms with E-state index < -0.39 is 0 Å². The van der Waals surface area contributed by atoms with Gasteiger partial charge in [0.2, 0.25) is 0 Å². The van der Waals surface area contributed by atoms with Crippen molar-refractivity contribution in [2.45, 2.75) is 26.8 Å². The van der Waals surface area contributed by atoms with Crippen LogP contribution < -0.4 is 9.64 Å². The van der Waals surface area contributed by atoms with E-state index in [2.05, 4.69) is 41.7 Å². The topological polar surface area (TPSA) is 33.5 Å². The Balaban J connectivity index is 2.10. The molecule has 132 valence electrons. The molecule has 0 spiro atoms. The van der Waals surface area contributed by atoms with E-state index in [1.165, 1.54) is 5.56 Å². The fourth-order valence-electron chi connectivity index (χ4n) is 3.17. The Bertz CT molecular complexity index is 778. The van der Waals surface area contributed by atoms with Crippen LogP contribution >= 0.6 is 0 Å². The van der Waals surface area contributed by atoms with Crippen LogP contribution in [0.4, 0.5) is 5.82 Å². The van der Waals surface area contributed by atoms with E-state index in [0.717, 1.165) is 36.0 Å². The van der Waals surface area contributed by atoms with Crippen molar-refractivity contribution in [2.24, 2.45) is 0 Å². The predicted molar refractivity (Wildman–Crippen MR) is 103 cm³/mol. The molecule has 5 nitrogen and oxygen atoms in total. The molecule has 2 aromatic rings. The summed E-state index contributed by atoms with van der Waals surface area (Å²) >= 11 is 0. The highest BCUT2D eigenvalue weighted by Gasteiger charge is 2.33. The van der Waals surface area contributed by atoms with E-state index in [4.69, 9.17) is 9.72 Å². The summed E-state index contributed by atoms with van der Waals surface area (Å²) in [7, 11) is 1.99. The summed E-state index contributed by atoms with van der Waals surface area (Å²) in [4.78, 5) is 8.90. The monoisotopic (exact) mass is 338 g/mol. The largest absolute Gasteiger partial charge is 0.465 e. The minimum absolute atomic E-state index is 0.570. The predicted octanol–water partition coefficient (Wildman–Crippen LogP) is 3.93. The van der Waals surface area contributed by atoms with Crippen molar-refractivity contribution in [1.29, 1.82) is 0 Å². The second-order valence-corrected chi connectivity index (χ2v) is 6.14. The molecule has 0 saturated heterocycles. The van der Waals surface area contributed by atoms with Crippen LogP contribution in [0.2, 0.25) is 0 Å². The summed E-state index contributed by atoms with van der Waals surface area (Å²) in [6.45, 7) is 14.8. The number of nitrogens with zero attached hydrogens (tertiary/aromatic N) is 4. The minimum atomic E-state index is 0.570. The molecule has 5 heteroatoms. The van der Waals surface area contributed by atoms with Gasteiger partial charge < -0.3 is 14.5 Å². The van der Waals surface area contributed by atoms with Gasteiger partial charge in [-0.2, -0.15) is 4.98 Å². The second-order valence-electron chi connectivity index (χ2n) is 6.14. The molecule has 0 N–H and O–H groups in total. The van der Waals surface area contributed by atoms with Crippen LogP contribution in [-0.2, 0) is 6.54 Å². The molecule has 0 unspecified atom stereocenters. The molecular formula is C20H26N4O. The lowest BCUT2D eigenvalue weighted by atomic mass is 10.2. The van der Waals surface area contributed by atoms with Crippen LogP contribution in [0.1, 0.15) is 31.5 Å². The van der Waals surface area contributed by atoms with Crippen molar-refractivity contribution in [3.8, 4) is 6.01 Å². The number of anilines is 1. The standard InChI is InChI=1S/C20H26N4O/c1-6-13-23-15(3)18-19(22(5)16(23)4)21-20(25-7-2)24(18)14-17-11-9-8-10-12-17/h8-12H,3-4,6-7,13-14H2,1-2,5H3. The molecule has 0 amide bonds. The Hall–Kier alpha value is -2.69. The molecule has 0 saturated carbocycles. The molecule has 0 bridgehead atoms. The number of ether oxygens (including phenoxy) is 1.